The molecule has 0 aromatic carbocycles. The highest BCUT2D eigenvalue weighted by molar-refractivity contribution is 5.96. The van der Waals surface area contributed by atoms with Gasteiger partial charge < -0.3 is 10.6 Å². The van der Waals surface area contributed by atoms with Crippen LogP contribution in [0.25, 0.3) is 5.82 Å². The van der Waals surface area contributed by atoms with Gasteiger partial charge in [0.25, 0.3) is 0 Å². The number of carbonyl (C=O) groups excluding carboxylic acids is 2. The molecule has 2 aromatic heterocycles. The number of pyridine rings is 1. The maximum atomic E-state index is 12.0. The SMILES string of the molecule is O=C1CNC(C(=O)Nc2ccc(-n3ccnc3)nc2)CN1. The van der Waals surface area contributed by atoms with Gasteiger partial charge in [-0.05, 0) is 12.1 Å². The third kappa shape index (κ3) is 3.06. The van der Waals surface area contributed by atoms with Crippen molar-refractivity contribution in [3.63, 3.8) is 0 Å². The quantitative estimate of drug-likeness (QED) is 0.692. The summed E-state index contributed by atoms with van der Waals surface area (Å²) in [5.74, 6) is 0.408. The Morgan fingerprint density at radius 2 is 2.33 bits per heavy atom. The lowest BCUT2D eigenvalue weighted by atomic mass is 10.2. The van der Waals surface area contributed by atoms with Gasteiger partial charge in [-0.2, -0.15) is 0 Å². The normalized spacial score (nSPS) is 18.1. The molecule has 2 amide bonds. The second-order valence-electron chi connectivity index (χ2n) is 4.60. The van der Waals surface area contributed by atoms with Gasteiger partial charge in [0.2, 0.25) is 11.8 Å². The number of amides is 2. The Labute approximate surface area is 120 Å². The third-order valence-electron chi connectivity index (χ3n) is 3.11. The first kappa shape index (κ1) is 13.3. The van der Waals surface area contributed by atoms with Gasteiger partial charge in [0.05, 0.1) is 18.4 Å². The van der Waals surface area contributed by atoms with Crippen LogP contribution in [0.1, 0.15) is 0 Å². The van der Waals surface area contributed by atoms with E-state index in [2.05, 4.69) is 25.9 Å². The number of nitrogens with one attached hydrogen (secondary N) is 3. The van der Waals surface area contributed by atoms with Crippen LogP contribution in [0.15, 0.2) is 37.1 Å². The van der Waals surface area contributed by atoms with Crippen molar-refractivity contribution in [1.29, 1.82) is 0 Å². The molecular weight excluding hydrogens is 272 g/mol. The maximum Gasteiger partial charge on any atom is 0.243 e. The highest BCUT2D eigenvalue weighted by atomic mass is 16.2. The average Bonchev–Trinajstić information content (AvgIpc) is 3.03. The average molecular weight is 286 g/mol. The zero-order valence-electron chi connectivity index (χ0n) is 11.1. The molecule has 1 atom stereocenters. The van der Waals surface area contributed by atoms with Crippen LogP contribution in [-0.4, -0.2) is 45.5 Å². The second-order valence-corrected chi connectivity index (χ2v) is 4.60. The number of piperazine rings is 1. The fraction of sp³-hybridized carbons (Fsp3) is 0.231. The molecule has 21 heavy (non-hydrogen) atoms. The molecule has 1 unspecified atom stereocenters. The Morgan fingerprint density at radius 1 is 1.43 bits per heavy atom. The molecule has 3 N–H and O–H groups in total. The van der Waals surface area contributed by atoms with E-state index in [1.54, 1.807) is 41.6 Å². The number of nitrogens with zero attached hydrogens (tertiary/aromatic N) is 3. The van der Waals surface area contributed by atoms with E-state index in [1.165, 1.54) is 0 Å². The molecule has 0 bridgehead atoms. The summed E-state index contributed by atoms with van der Waals surface area (Å²) in [6, 6.07) is 3.12. The topological polar surface area (TPSA) is 101 Å². The number of anilines is 1. The molecule has 1 aliphatic rings. The number of aromatic nitrogens is 3. The second kappa shape index (κ2) is 5.71. The minimum atomic E-state index is -0.434. The lowest BCUT2D eigenvalue weighted by molar-refractivity contribution is -0.124. The maximum absolute atomic E-state index is 12.0. The molecule has 3 heterocycles. The molecule has 1 aliphatic heterocycles. The summed E-state index contributed by atoms with van der Waals surface area (Å²) in [6.45, 7) is 0.432. The lowest BCUT2D eigenvalue weighted by Crippen LogP contribution is -2.56. The zero-order valence-corrected chi connectivity index (χ0v) is 11.1. The van der Waals surface area contributed by atoms with Crippen LogP contribution in [0.3, 0.4) is 0 Å². The van der Waals surface area contributed by atoms with Crippen LogP contribution in [0.2, 0.25) is 0 Å². The van der Waals surface area contributed by atoms with Gasteiger partial charge >= 0.3 is 0 Å². The van der Waals surface area contributed by atoms with E-state index < -0.39 is 6.04 Å². The molecule has 1 fully saturated rings. The van der Waals surface area contributed by atoms with Gasteiger partial charge in [-0.1, -0.05) is 0 Å². The van der Waals surface area contributed by atoms with Crippen molar-refractivity contribution >= 4 is 17.5 Å². The molecule has 0 radical (unpaired) electrons. The third-order valence-corrected chi connectivity index (χ3v) is 3.11. The molecule has 2 aromatic rings. The first-order valence-electron chi connectivity index (χ1n) is 6.48. The summed E-state index contributed by atoms with van der Waals surface area (Å²) in [4.78, 5) is 31.2. The van der Waals surface area contributed by atoms with Crippen molar-refractivity contribution in [2.75, 3.05) is 18.4 Å². The summed E-state index contributed by atoms with van der Waals surface area (Å²) < 4.78 is 1.77. The van der Waals surface area contributed by atoms with Crippen molar-refractivity contribution in [2.24, 2.45) is 0 Å². The molecule has 108 valence electrons. The van der Waals surface area contributed by atoms with Gasteiger partial charge in [-0.15, -0.1) is 0 Å². The zero-order chi connectivity index (χ0) is 14.7. The van der Waals surface area contributed by atoms with Crippen LogP contribution in [0.4, 0.5) is 5.69 Å². The number of rotatable bonds is 3. The van der Waals surface area contributed by atoms with Gasteiger partial charge in [-0.3, -0.25) is 19.5 Å². The predicted octanol–water partition coefficient (Wildman–Crippen LogP) is -0.706. The summed E-state index contributed by atoms with van der Waals surface area (Å²) in [7, 11) is 0. The minimum Gasteiger partial charge on any atom is -0.353 e. The Balaban J connectivity index is 1.62. The first-order chi connectivity index (χ1) is 10.2. The van der Waals surface area contributed by atoms with E-state index in [0.717, 1.165) is 0 Å². The van der Waals surface area contributed by atoms with Crippen LogP contribution in [0, 0.1) is 0 Å². The smallest absolute Gasteiger partial charge is 0.243 e. The Morgan fingerprint density at radius 3 is 2.95 bits per heavy atom. The Hall–Kier alpha value is -2.74. The molecule has 0 saturated carbocycles. The summed E-state index contributed by atoms with van der Waals surface area (Å²) >= 11 is 0. The van der Waals surface area contributed by atoms with E-state index >= 15 is 0 Å². The molecule has 1 saturated heterocycles. The number of imidazole rings is 1. The molecule has 0 spiro atoms. The molecule has 3 rings (SSSR count). The fourth-order valence-corrected chi connectivity index (χ4v) is 1.99. The van der Waals surface area contributed by atoms with Crippen molar-refractivity contribution in [3.05, 3.63) is 37.1 Å². The van der Waals surface area contributed by atoms with Crippen LogP contribution < -0.4 is 16.0 Å². The van der Waals surface area contributed by atoms with Crippen molar-refractivity contribution in [3.8, 4) is 5.82 Å². The van der Waals surface area contributed by atoms with Gasteiger partial charge in [0, 0.05) is 18.9 Å². The van der Waals surface area contributed by atoms with Crippen molar-refractivity contribution < 1.29 is 9.59 Å². The van der Waals surface area contributed by atoms with Gasteiger partial charge in [-0.25, -0.2) is 9.97 Å². The van der Waals surface area contributed by atoms with Crippen LogP contribution in [-0.2, 0) is 9.59 Å². The molecule has 8 nitrogen and oxygen atoms in total. The Bertz CT molecular complexity index is 627. The van der Waals surface area contributed by atoms with E-state index in [4.69, 9.17) is 0 Å². The van der Waals surface area contributed by atoms with E-state index in [1.807, 2.05) is 0 Å². The van der Waals surface area contributed by atoms with Gasteiger partial charge in [0.1, 0.15) is 18.2 Å². The van der Waals surface area contributed by atoms with Crippen molar-refractivity contribution in [2.45, 2.75) is 6.04 Å². The summed E-state index contributed by atoms with van der Waals surface area (Å²) in [6.07, 6.45) is 6.68. The lowest BCUT2D eigenvalue weighted by Gasteiger charge is -2.23. The number of hydrogen-bond acceptors (Lipinski definition) is 5. The van der Waals surface area contributed by atoms with E-state index in [0.29, 0.717) is 11.5 Å². The van der Waals surface area contributed by atoms with Crippen molar-refractivity contribution in [1.82, 2.24) is 25.2 Å². The Kier molecular flexibility index (Phi) is 3.61. The van der Waals surface area contributed by atoms with Gasteiger partial charge in [0.15, 0.2) is 0 Å². The minimum absolute atomic E-state index is 0.106. The highest BCUT2D eigenvalue weighted by Crippen LogP contribution is 2.10. The molecule has 0 aliphatic carbocycles. The predicted molar refractivity (Wildman–Crippen MR) is 74.8 cm³/mol. The first-order valence-corrected chi connectivity index (χ1v) is 6.48. The monoisotopic (exact) mass is 286 g/mol. The van der Waals surface area contributed by atoms with Crippen LogP contribution >= 0.6 is 0 Å². The number of hydrogen-bond donors (Lipinski definition) is 3. The summed E-state index contributed by atoms with van der Waals surface area (Å²) in [5.41, 5.74) is 0.600. The van der Waals surface area contributed by atoms with E-state index in [-0.39, 0.29) is 24.9 Å². The summed E-state index contributed by atoms with van der Waals surface area (Å²) in [5, 5.41) is 8.26. The fourth-order valence-electron chi connectivity index (χ4n) is 1.99. The molecular formula is C13H14N6O2. The van der Waals surface area contributed by atoms with Crippen LogP contribution in [0.5, 0.6) is 0 Å². The standard InChI is InChI=1S/C13H14N6O2/c20-12-7-15-10(6-17-12)13(21)18-9-1-2-11(16-5-9)19-4-3-14-8-19/h1-5,8,10,15H,6-7H2,(H,17,20)(H,18,21). The van der Waals surface area contributed by atoms with E-state index in [9.17, 15) is 9.59 Å². The highest BCUT2D eigenvalue weighted by Gasteiger charge is 2.23. The molecule has 8 heteroatoms. The largest absolute Gasteiger partial charge is 0.353 e. The number of carbonyl (C=O) groups is 2.